The number of aliphatic hydroxyl groups is 1. The van der Waals surface area contributed by atoms with Crippen molar-refractivity contribution < 1.29 is 9.74 Å². The van der Waals surface area contributed by atoms with E-state index in [2.05, 4.69) is 24.2 Å². The van der Waals surface area contributed by atoms with Gasteiger partial charge in [-0.05, 0) is 92.8 Å². The second kappa shape index (κ2) is 5.31. The summed E-state index contributed by atoms with van der Waals surface area (Å²) in [5.41, 5.74) is 3.01. The molecular weight excluding hydrogens is 312 g/mol. The second-order valence-electron chi connectivity index (χ2n) is 10.1. The topological polar surface area (TPSA) is 59.2 Å². The summed E-state index contributed by atoms with van der Waals surface area (Å²) in [6, 6.07) is 0. The molecule has 3 saturated carbocycles. The van der Waals surface area contributed by atoms with E-state index in [0.717, 1.165) is 29.9 Å². The Morgan fingerprint density at radius 3 is 2.60 bits per heavy atom. The van der Waals surface area contributed by atoms with Crippen LogP contribution in [0.1, 0.15) is 83.0 Å². The highest BCUT2D eigenvalue weighted by molar-refractivity contribution is 5.25. The largest absolute Gasteiger partial charge is 0.393 e. The third-order valence-electron chi connectivity index (χ3n) is 9.34. The molecule has 1 aromatic rings. The maximum absolute atomic E-state index is 10.4. The van der Waals surface area contributed by atoms with Crippen molar-refractivity contribution in [2.45, 2.75) is 84.2 Å². The van der Waals surface area contributed by atoms with Crippen LogP contribution in [0.15, 0.2) is 4.63 Å². The molecule has 0 unspecified atom stereocenters. The molecule has 0 aromatic carbocycles. The lowest BCUT2D eigenvalue weighted by Gasteiger charge is -2.60. The second-order valence-corrected chi connectivity index (χ2v) is 10.1. The Morgan fingerprint density at radius 1 is 1.00 bits per heavy atom. The number of aryl methyl sites for hydroxylation is 1. The molecule has 0 saturated heterocycles. The zero-order chi connectivity index (χ0) is 17.4. The Bertz CT molecular complexity index is 671. The van der Waals surface area contributed by atoms with Crippen LogP contribution in [0.3, 0.4) is 0 Å². The molecule has 4 heteroatoms. The predicted molar refractivity (Wildman–Crippen MR) is 94.9 cm³/mol. The molecule has 0 spiro atoms. The van der Waals surface area contributed by atoms with Gasteiger partial charge in [-0.2, -0.15) is 0 Å². The Hall–Kier alpha value is -0.900. The zero-order valence-electron chi connectivity index (χ0n) is 15.9. The molecule has 25 heavy (non-hydrogen) atoms. The molecule has 4 aliphatic carbocycles. The molecule has 0 bridgehead atoms. The number of hydrogen-bond acceptors (Lipinski definition) is 4. The van der Waals surface area contributed by atoms with Crippen LogP contribution in [0.5, 0.6) is 0 Å². The normalized spacial score (nSPS) is 49.7. The van der Waals surface area contributed by atoms with Gasteiger partial charge in [0.1, 0.15) is 11.4 Å². The number of rotatable bonds is 1. The fourth-order valence-corrected chi connectivity index (χ4v) is 8.14. The van der Waals surface area contributed by atoms with Crippen LogP contribution in [0.25, 0.3) is 0 Å². The monoisotopic (exact) mass is 344 g/mol. The van der Waals surface area contributed by atoms with Crippen molar-refractivity contribution in [2.24, 2.45) is 34.5 Å². The Balaban J connectivity index is 1.48. The van der Waals surface area contributed by atoms with Crippen molar-refractivity contribution in [3.63, 3.8) is 0 Å². The minimum atomic E-state index is -0.156. The average Bonchev–Trinajstić information content (AvgIpc) is 3.17. The summed E-state index contributed by atoms with van der Waals surface area (Å²) < 4.78 is 5.10. The molecule has 3 fully saturated rings. The fraction of sp³-hybridized carbons (Fsp3) is 0.905. The molecule has 0 radical (unpaired) electrons. The van der Waals surface area contributed by atoms with Crippen molar-refractivity contribution in [3.8, 4) is 0 Å². The van der Waals surface area contributed by atoms with Gasteiger partial charge in [0.2, 0.25) is 0 Å². The fourth-order valence-electron chi connectivity index (χ4n) is 8.14. The van der Waals surface area contributed by atoms with Gasteiger partial charge in [-0.1, -0.05) is 24.2 Å². The molecular formula is C21H32N2O2. The lowest BCUT2D eigenvalue weighted by Crippen LogP contribution is -2.53. The van der Waals surface area contributed by atoms with Gasteiger partial charge in [-0.15, -0.1) is 0 Å². The van der Waals surface area contributed by atoms with Gasteiger partial charge in [-0.3, -0.25) is 0 Å². The van der Waals surface area contributed by atoms with Crippen molar-refractivity contribution in [2.75, 3.05) is 0 Å². The van der Waals surface area contributed by atoms with Crippen LogP contribution >= 0.6 is 0 Å². The van der Waals surface area contributed by atoms with Crippen molar-refractivity contribution in [1.82, 2.24) is 10.3 Å². The van der Waals surface area contributed by atoms with Crippen molar-refractivity contribution >= 4 is 0 Å². The van der Waals surface area contributed by atoms with Gasteiger partial charge in [0, 0.05) is 5.92 Å². The summed E-state index contributed by atoms with van der Waals surface area (Å²) in [6.45, 7) is 7.05. The highest BCUT2D eigenvalue weighted by Crippen LogP contribution is 2.68. The van der Waals surface area contributed by atoms with Gasteiger partial charge >= 0.3 is 0 Å². The molecule has 0 aliphatic heterocycles. The van der Waals surface area contributed by atoms with Crippen LogP contribution in [0.4, 0.5) is 0 Å². The molecule has 8 atom stereocenters. The molecule has 1 N–H and O–H groups in total. The van der Waals surface area contributed by atoms with E-state index in [4.69, 9.17) is 4.63 Å². The molecule has 1 aromatic heterocycles. The molecule has 138 valence electrons. The number of aromatic nitrogens is 2. The van der Waals surface area contributed by atoms with Gasteiger partial charge in [-0.25, -0.2) is 4.63 Å². The Morgan fingerprint density at radius 2 is 1.80 bits per heavy atom. The van der Waals surface area contributed by atoms with Crippen molar-refractivity contribution in [3.05, 3.63) is 11.4 Å². The van der Waals surface area contributed by atoms with E-state index < -0.39 is 0 Å². The van der Waals surface area contributed by atoms with E-state index in [1.807, 2.05) is 6.92 Å². The van der Waals surface area contributed by atoms with Gasteiger partial charge in [0.05, 0.1) is 6.10 Å². The summed E-state index contributed by atoms with van der Waals surface area (Å²) in [7, 11) is 0. The average molecular weight is 344 g/mol. The van der Waals surface area contributed by atoms with Crippen molar-refractivity contribution in [1.29, 1.82) is 0 Å². The maximum atomic E-state index is 10.4. The smallest absolute Gasteiger partial charge is 0.111 e. The number of fused-ring (bicyclic) bond motifs is 7. The summed E-state index contributed by atoms with van der Waals surface area (Å²) in [4.78, 5) is 0. The van der Waals surface area contributed by atoms with Gasteiger partial charge in [0.15, 0.2) is 0 Å². The minimum Gasteiger partial charge on any atom is -0.393 e. The van der Waals surface area contributed by atoms with E-state index in [9.17, 15) is 5.11 Å². The van der Waals surface area contributed by atoms with Crippen LogP contribution in [-0.2, 0) is 6.42 Å². The molecule has 0 amide bonds. The van der Waals surface area contributed by atoms with Gasteiger partial charge < -0.3 is 5.11 Å². The third-order valence-corrected chi connectivity index (χ3v) is 9.34. The first-order chi connectivity index (χ1) is 11.9. The first-order valence-corrected chi connectivity index (χ1v) is 10.4. The van der Waals surface area contributed by atoms with Crippen LogP contribution in [0, 0.1) is 34.5 Å². The van der Waals surface area contributed by atoms with E-state index in [1.54, 1.807) is 0 Å². The quantitative estimate of drug-likeness (QED) is 0.823. The predicted octanol–water partition coefficient (Wildman–Crippen LogP) is 4.34. The van der Waals surface area contributed by atoms with E-state index in [-0.39, 0.29) is 6.10 Å². The summed E-state index contributed by atoms with van der Waals surface area (Å²) in [5.74, 6) is 3.50. The zero-order valence-corrected chi connectivity index (χ0v) is 15.9. The molecule has 5 rings (SSSR count). The Labute approximate surface area is 150 Å². The van der Waals surface area contributed by atoms with Crippen LogP contribution in [-0.4, -0.2) is 21.5 Å². The summed E-state index contributed by atoms with van der Waals surface area (Å²) in [5, 5.41) is 18.8. The molecule has 4 aliphatic rings. The van der Waals surface area contributed by atoms with Crippen LogP contribution in [0.2, 0.25) is 0 Å². The van der Waals surface area contributed by atoms with E-state index in [1.165, 1.54) is 50.6 Å². The highest BCUT2D eigenvalue weighted by atomic mass is 16.6. The minimum absolute atomic E-state index is 0.156. The lowest BCUT2D eigenvalue weighted by atomic mass is 9.45. The first kappa shape index (κ1) is 16.3. The van der Waals surface area contributed by atoms with E-state index >= 15 is 0 Å². The standard InChI is InChI=1S/C21H32N2O2/c1-12(24)14-6-7-15-13-4-5-17-19-18(22-25-23-19)9-11-21(17,3)16(13)8-10-20(14,15)2/h12-17,24H,4-11H2,1-3H3/t12-,13+,14-,15+,16+,17+,20-,21-/m1/s1. The SMILES string of the molecule is C[C@@H](O)[C@H]1CC[C@H]2[C@@H]3CC[C@H]4c5nonc5CC[C@]4(C)[C@H]3CC[C@]12C. The highest BCUT2D eigenvalue weighted by Gasteiger charge is 2.61. The number of hydrogen-bond donors (Lipinski definition) is 1. The Kier molecular flexibility index (Phi) is 3.46. The third kappa shape index (κ3) is 2.03. The molecule has 4 nitrogen and oxygen atoms in total. The number of nitrogens with zero attached hydrogens (tertiary/aromatic N) is 2. The van der Waals surface area contributed by atoms with Gasteiger partial charge in [0.25, 0.3) is 0 Å². The van der Waals surface area contributed by atoms with E-state index in [0.29, 0.717) is 22.7 Å². The molecule has 1 heterocycles. The number of aliphatic hydroxyl groups excluding tert-OH is 1. The maximum Gasteiger partial charge on any atom is 0.111 e. The summed E-state index contributed by atoms with van der Waals surface area (Å²) in [6.07, 6.45) is 9.85. The summed E-state index contributed by atoms with van der Waals surface area (Å²) >= 11 is 0. The lowest BCUT2D eigenvalue weighted by molar-refractivity contribution is -0.0967. The van der Waals surface area contributed by atoms with Crippen LogP contribution < -0.4 is 0 Å². The first-order valence-electron chi connectivity index (χ1n) is 10.4.